The maximum absolute atomic E-state index is 11.2. The van der Waals surface area contributed by atoms with Crippen LogP contribution in [0.5, 0.6) is 0 Å². The molecule has 108 valence electrons. The highest BCUT2D eigenvalue weighted by Crippen LogP contribution is 2.23. The lowest BCUT2D eigenvalue weighted by atomic mass is 10.1. The van der Waals surface area contributed by atoms with Crippen molar-refractivity contribution in [2.24, 2.45) is 5.14 Å². The van der Waals surface area contributed by atoms with Gasteiger partial charge in [-0.15, -0.1) is 0 Å². The number of furan rings is 1. The average molecular weight is 295 g/mol. The highest BCUT2D eigenvalue weighted by atomic mass is 32.2. The van der Waals surface area contributed by atoms with Gasteiger partial charge in [-0.05, 0) is 37.3 Å². The number of hydrogen-bond donors (Lipinski definition) is 3. The molecule has 2 rings (SSSR count). The first-order valence-corrected chi connectivity index (χ1v) is 7.62. The molecule has 7 heteroatoms. The number of hydrogen-bond acceptors (Lipinski definition) is 5. The van der Waals surface area contributed by atoms with Crippen molar-refractivity contribution in [3.8, 4) is 0 Å². The van der Waals surface area contributed by atoms with Crippen LogP contribution in [-0.2, 0) is 16.4 Å². The molecule has 0 saturated heterocycles. The van der Waals surface area contributed by atoms with E-state index in [0.29, 0.717) is 17.8 Å². The summed E-state index contributed by atoms with van der Waals surface area (Å²) in [5, 5.41) is 8.26. The van der Waals surface area contributed by atoms with Crippen molar-refractivity contribution in [3.63, 3.8) is 0 Å². The standard InChI is InChI=1S/C13H17N3O3S/c1-9(7-10-3-2-6-19-10)16-13-5-4-11(8-12(13)14)20(15,17)18/h2-6,8-9,16H,7,14H2,1H3,(H2,15,17,18). The third-order valence-corrected chi connectivity index (χ3v) is 3.75. The van der Waals surface area contributed by atoms with Crippen LogP contribution >= 0.6 is 0 Å². The quantitative estimate of drug-likeness (QED) is 0.725. The maximum atomic E-state index is 11.2. The second-order valence-electron chi connectivity index (χ2n) is 4.62. The van der Waals surface area contributed by atoms with Crippen LogP contribution in [0.3, 0.4) is 0 Å². The molecule has 1 aromatic heterocycles. The van der Waals surface area contributed by atoms with Gasteiger partial charge >= 0.3 is 0 Å². The molecule has 0 amide bonds. The van der Waals surface area contributed by atoms with Gasteiger partial charge in [0, 0.05) is 12.5 Å². The zero-order valence-electron chi connectivity index (χ0n) is 11.0. The molecule has 0 fully saturated rings. The minimum atomic E-state index is -3.73. The van der Waals surface area contributed by atoms with Gasteiger partial charge in [0.2, 0.25) is 10.0 Å². The van der Waals surface area contributed by atoms with E-state index in [4.69, 9.17) is 15.3 Å². The highest BCUT2D eigenvalue weighted by molar-refractivity contribution is 7.89. The van der Waals surface area contributed by atoms with E-state index in [1.54, 1.807) is 12.3 Å². The Balaban J connectivity index is 2.10. The first-order valence-electron chi connectivity index (χ1n) is 6.07. The van der Waals surface area contributed by atoms with Gasteiger partial charge in [0.1, 0.15) is 5.76 Å². The lowest BCUT2D eigenvalue weighted by Crippen LogP contribution is -2.19. The molecule has 0 aliphatic rings. The Kier molecular flexibility index (Phi) is 4.01. The van der Waals surface area contributed by atoms with Crippen molar-refractivity contribution in [2.75, 3.05) is 11.1 Å². The number of nitrogens with two attached hydrogens (primary N) is 2. The number of benzene rings is 1. The van der Waals surface area contributed by atoms with Crippen molar-refractivity contribution in [1.82, 2.24) is 0 Å². The molecule has 1 aromatic carbocycles. The fourth-order valence-corrected chi connectivity index (χ4v) is 2.45. The summed E-state index contributed by atoms with van der Waals surface area (Å²) in [7, 11) is -3.73. The van der Waals surface area contributed by atoms with Crippen molar-refractivity contribution in [1.29, 1.82) is 0 Å². The Bertz CT molecular complexity index is 681. The summed E-state index contributed by atoms with van der Waals surface area (Å²) in [6.07, 6.45) is 2.32. The van der Waals surface area contributed by atoms with E-state index in [-0.39, 0.29) is 10.9 Å². The predicted molar refractivity (Wildman–Crippen MR) is 77.7 cm³/mol. The number of anilines is 2. The summed E-state index contributed by atoms with van der Waals surface area (Å²) in [6, 6.07) is 8.19. The largest absolute Gasteiger partial charge is 0.469 e. The molecule has 5 N–H and O–H groups in total. The molecule has 20 heavy (non-hydrogen) atoms. The van der Waals surface area contributed by atoms with Crippen LogP contribution in [-0.4, -0.2) is 14.5 Å². The van der Waals surface area contributed by atoms with Crippen LogP contribution in [0.1, 0.15) is 12.7 Å². The SMILES string of the molecule is CC(Cc1ccco1)Nc1ccc(S(N)(=O)=O)cc1N. The van der Waals surface area contributed by atoms with Gasteiger partial charge in [-0.2, -0.15) is 0 Å². The van der Waals surface area contributed by atoms with E-state index in [1.165, 1.54) is 12.1 Å². The molecular formula is C13H17N3O3S. The maximum Gasteiger partial charge on any atom is 0.238 e. The van der Waals surface area contributed by atoms with E-state index >= 15 is 0 Å². The summed E-state index contributed by atoms with van der Waals surface area (Å²) in [6.45, 7) is 1.98. The second kappa shape index (κ2) is 5.56. The van der Waals surface area contributed by atoms with Crippen LogP contribution in [0, 0.1) is 0 Å². The lowest BCUT2D eigenvalue weighted by Gasteiger charge is -2.16. The van der Waals surface area contributed by atoms with Gasteiger partial charge in [-0.3, -0.25) is 0 Å². The number of nitrogen functional groups attached to an aromatic ring is 1. The summed E-state index contributed by atoms with van der Waals surface area (Å²) in [5.41, 5.74) is 6.83. The van der Waals surface area contributed by atoms with Crippen LogP contribution in [0.15, 0.2) is 45.9 Å². The second-order valence-corrected chi connectivity index (χ2v) is 6.18. The minimum Gasteiger partial charge on any atom is -0.469 e. The molecule has 1 atom stereocenters. The number of sulfonamides is 1. The molecule has 0 aliphatic heterocycles. The smallest absolute Gasteiger partial charge is 0.238 e. The molecule has 1 heterocycles. The first kappa shape index (κ1) is 14.4. The zero-order valence-corrected chi connectivity index (χ0v) is 11.9. The normalized spacial score (nSPS) is 13.1. The number of nitrogens with one attached hydrogen (secondary N) is 1. The van der Waals surface area contributed by atoms with Gasteiger partial charge in [0.05, 0.1) is 22.5 Å². The van der Waals surface area contributed by atoms with Crippen LogP contribution < -0.4 is 16.2 Å². The predicted octanol–water partition coefficient (Wildman–Crippen LogP) is 1.55. The Hall–Kier alpha value is -1.99. The Morgan fingerprint density at radius 3 is 2.65 bits per heavy atom. The number of rotatable bonds is 5. The monoisotopic (exact) mass is 295 g/mol. The molecule has 0 saturated carbocycles. The molecule has 0 spiro atoms. The van der Waals surface area contributed by atoms with Gasteiger partial charge in [-0.1, -0.05) is 0 Å². The van der Waals surface area contributed by atoms with Crippen LogP contribution in [0.2, 0.25) is 0 Å². The third-order valence-electron chi connectivity index (χ3n) is 2.84. The fraction of sp³-hybridized carbons (Fsp3) is 0.231. The molecule has 0 bridgehead atoms. The topological polar surface area (TPSA) is 111 Å². The highest BCUT2D eigenvalue weighted by Gasteiger charge is 2.12. The van der Waals surface area contributed by atoms with E-state index in [2.05, 4.69) is 5.32 Å². The Morgan fingerprint density at radius 1 is 1.35 bits per heavy atom. The van der Waals surface area contributed by atoms with Crippen LogP contribution in [0.4, 0.5) is 11.4 Å². The van der Waals surface area contributed by atoms with Gasteiger partial charge in [0.15, 0.2) is 0 Å². The summed E-state index contributed by atoms with van der Waals surface area (Å²) >= 11 is 0. The van der Waals surface area contributed by atoms with E-state index in [9.17, 15) is 8.42 Å². The first-order chi connectivity index (χ1) is 9.36. The van der Waals surface area contributed by atoms with Gasteiger partial charge in [-0.25, -0.2) is 13.6 Å². The molecule has 0 aliphatic carbocycles. The molecule has 1 unspecified atom stereocenters. The van der Waals surface area contributed by atoms with Gasteiger partial charge < -0.3 is 15.5 Å². The molecule has 0 radical (unpaired) electrons. The van der Waals surface area contributed by atoms with Gasteiger partial charge in [0.25, 0.3) is 0 Å². The summed E-state index contributed by atoms with van der Waals surface area (Å²) in [5.74, 6) is 0.865. The Labute approximate surface area is 117 Å². The fourth-order valence-electron chi connectivity index (χ4n) is 1.90. The van der Waals surface area contributed by atoms with Crippen molar-refractivity contribution < 1.29 is 12.8 Å². The summed E-state index contributed by atoms with van der Waals surface area (Å²) in [4.78, 5) is -0.000706. The molecule has 6 nitrogen and oxygen atoms in total. The van der Waals surface area contributed by atoms with E-state index in [0.717, 1.165) is 5.76 Å². The average Bonchev–Trinajstić information content (AvgIpc) is 2.83. The van der Waals surface area contributed by atoms with Crippen molar-refractivity contribution >= 4 is 21.4 Å². The lowest BCUT2D eigenvalue weighted by molar-refractivity contribution is 0.498. The molecular weight excluding hydrogens is 278 g/mol. The zero-order chi connectivity index (χ0) is 14.8. The van der Waals surface area contributed by atoms with Crippen LogP contribution in [0.25, 0.3) is 0 Å². The minimum absolute atomic E-state index is 0.000706. The Morgan fingerprint density at radius 2 is 2.10 bits per heavy atom. The van der Waals surface area contributed by atoms with Crippen molar-refractivity contribution in [2.45, 2.75) is 24.3 Å². The number of primary sulfonamides is 1. The van der Waals surface area contributed by atoms with E-state index in [1.807, 2.05) is 19.1 Å². The molecule has 2 aromatic rings. The summed E-state index contributed by atoms with van der Waals surface area (Å²) < 4.78 is 27.7. The van der Waals surface area contributed by atoms with Crippen molar-refractivity contribution in [3.05, 3.63) is 42.4 Å². The third kappa shape index (κ3) is 3.52. The van der Waals surface area contributed by atoms with E-state index < -0.39 is 10.0 Å².